The SMILES string of the molecule is CCCCC/C=C\CCCCCCCC(=O)OCC(COC(=O)CCCCCCC\C=C/C=C\C=C/CCCCCCC)OC(=O)CC/C=C\C/C=C\CCCCCCCC. The second-order valence-electron chi connectivity index (χ2n) is 16.8. The molecule has 0 bridgehead atoms. The zero-order chi connectivity index (χ0) is 44.4. The molecule has 0 rings (SSSR count). The van der Waals surface area contributed by atoms with Gasteiger partial charge in [-0.1, -0.05) is 203 Å². The van der Waals surface area contributed by atoms with E-state index >= 15 is 0 Å². The number of esters is 3. The highest BCUT2D eigenvalue weighted by atomic mass is 16.6. The molecule has 0 heterocycles. The van der Waals surface area contributed by atoms with Crippen LogP contribution in [0.25, 0.3) is 0 Å². The van der Waals surface area contributed by atoms with Crippen LogP contribution in [0.15, 0.2) is 72.9 Å². The van der Waals surface area contributed by atoms with Gasteiger partial charge in [-0.15, -0.1) is 0 Å². The van der Waals surface area contributed by atoms with Crippen LogP contribution in [0.1, 0.15) is 239 Å². The molecule has 0 radical (unpaired) electrons. The van der Waals surface area contributed by atoms with Crippen LogP contribution in [-0.4, -0.2) is 37.2 Å². The van der Waals surface area contributed by atoms with Gasteiger partial charge in [-0.05, 0) is 89.9 Å². The van der Waals surface area contributed by atoms with E-state index in [2.05, 4.69) is 87.6 Å². The summed E-state index contributed by atoms with van der Waals surface area (Å²) in [6, 6.07) is 0. The largest absolute Gasteiger partial charge is 0.462 e. The Labute approximate surface area is 376 Å². The highest BCUT2D eigenvalue weighted by molar-refractivity contribution is 5.71. The molecular formula is C55H94O6. The summed E-state index contributed by atoms with van der Waals surface area (Å²) < 4.78 is 16.7. The van der Waals surface area contributed by atoms with Gasteiger partial charge >= 0.3 is 17.9 Å². The third kappa shape index (κ3) is 47.7. The Morgan fingerprint density at radius 2 is 0.689 bits per heavy atom. The van der Waals surface area contributed by atoms with Crippen LogP contribution in [0.2, 0.25) is 0 Å². The van der Waals surface area contributed by atoms with Crippen LogP contribution in [0.4, 0.5) is 0 Å². The molecular weight excluding hydrogens is 757 g/mol. The van der Waals surface area contributed by atoms with Gasteiger partial charge in [0.15, 0.2) is 6.10 Å². The van der Waals surface area contributed by atoms with E-state index < -0.39 is 6.10 Å². The predicted molar refractivity (Wildman–Crippen MR) is 261 cm³/mol. The first-order valence-corrected chi connectivity index (χ1v) is 25.5. The lowest BCUT2D eigenvalue weighted by Crippen LogP contribution is -2.30. The van der Waals surface area contributed by atoms with E-state index in [1.807, 2.05) is 6.08 Å². The quantitative estimate of drug-likeness (QED) is 0.0200. The molecule has 0 aliphatic rings. The molecule has 1 atom stereocenters. The second-order valence-corrected chi connectivity index (χ2v) is 16.8. The van der Waals surface area contributed by atoms with E-state index in [1.165, 1.54) is 103 Å². The van der Waals surface area contributed by atoms with Crippen LogP contribution in [0.3, 0.4) is 0 Å². The Hall–Kier alpha value is -3.15. The summed E-state index contributed by atoms with van der Waals surface area (Å²) in [4.78, 5) is 37.9. The van der Waals surface area contributed by atoms with E-state index in [4.69, 9.17) is 14.2 Å². The third-order valence-corrected chi connectivity index (χ3v) is 10.7. The van der Waals surface area contributed by atoms with Crippen molar-refractivity contribution in [2.24, 2.45) is 0 Å². The van der Waals surface area contributed by atoms with Gasteiger partial charge in [-0.3, -0.25) is 14.4 Å². The summed E-state index contributed by atoms with van der Waals surface area (Å²) in [6.45, 7) is 6.51. The smallest absolute Gasteiger partial charge is 0.306 e. The summed E-state index contributed by atoms with van der Waals surface area (Å²) >= 11 is 0. The number of ether oxygens (including phenoxy) is 3. The molecule has 6 nitrogen and oxygen atoms in total. The minimum absolute atomic E-state index is 0.109. The molecule has 0 aliphatic heterocycles. The normalized spacial score (nSPS) is 12.6. The molecule has 0 aromatic carbocycles. The number of allylic oxidation sites excluding steroid dienone is 12. The average Bonchev–Trinajstić information content (AvgIpc) is 3.26. The third-order valence-electron chi connectivity index (χ3n) is 10.7. The van der Waals surface area contributed by atoms with Crippen LogP contribution >= 0.6 is 0 Å². The van der Waals surface area contributed by atoms with Crippen LogP contribution in [-0.2, 0) is 28.6 Å². The monoisotopic (exact) mass is 851 g/mol. The summed E-state index contributed by atoms with van der Waals surface area (Å²) in [6.07, 6.45) is 61.8. The molecule has 6 heteroatoms. The molecule has 0 saturated heterocycles. The molecule has 1 unspecified atom stereocenters. The highest BCUT2D eigenvalue weighted by Crippen LogP contribution is 2.13. The fourth-order valence-corrected chi connectivity index (χ4v) is 6.84. The molecule has 350 valence electrons. The first kappa shape index (κ1) is 57.9. The van der Waals surface area contributed by atoms with Crippen molar-refractivity contribution in [3.05, 3.63) is 72.9 Å². The van der Waals surface area contributed by atoms with E-state index in [1.54, 1.807) is 0 Å². The van der Waals surface area contributed by atoms with Gasteiger partial charge in [-0.2, -0.15) is 0 Å². The number of rotatable bonds is 45. The Balaban J connectivity index is 4.48. The summed E-state index contributed by atoms with van der Waals surface area (Å²) in [5.74, 6) is -1.01. The van der Waals surface area contributed by atoms with Crippen molar-refractivity contribution >= 4 is 17.9 Å². The molecule has 0 spiro atoms. The first-order valence-electron chi connectivity index (χ1n) is 25.5. The predicted octanol–water partition coefficient (Wildman–Crippen LogP) is 16.6. The second kappa shape index (κ2) is 49.5. The highest BCUT2D eigenvalue weighted by Gasteiger charge is 2.19. The van der Waals surface area contributed by atoms with Crippen molar-refractivity contribution in [2.45, 2.75) is 245 Å². The van der Waals surface area contributed by atoms with Crippen molar-refractivity contribution in [1.82, 2.24) is 0 Å². The van der Waals surface area contributed by atoms with Crippen molar-refractivity contribution in [3.8, 4) is 0 Å². The van der Waals surface area contributed by atoms with E-state index in [-0.39, 0.29) is 37.5 Å². The minimum atomic E-state index is -0.816. The standard InChI is InChI=1S/C55H94O6/c1-4-7-10-13-16-19-22-25-26-27-28-29-31-33-36-39-42-45-48-54(57)60-51-52(50-59-53(56)47-44-41-38-35-32-24-21-18-15-12-9-6-3)61-55(58)49-46-43-40-37-34-30-23-20-17-14-11-8-5-2/h18,21-22,25-30,34,40,43,52H,4-17,19-20,23-24,31-33,35-39,41-42,44-51H2,1-3H3/b21-18-,25-22-,27-26-,29-28-,34-30-,43-40-. The Bertz CT molecular complexity index is 1160. The fourth-order valence-electron chi connectivity index (χ4n) is 6.84. The average molecular weight is 851 g/mol. The molecule has 0 fully saturated rings. The van der Waals surface area contributed by atoms with Gasteiger partial charge in [0, 0.05) is 19.3 Å². The number of carbonyl (C=O) groups is 3. The summed E-state index contributed by atoms with van der Waals surface area (Å²) in [5, 5.41) is 0. The van der Waals surface area contributed by atoms with E-state index in [9.17, 15) is 14.4 Å². The first-order chi connectivity index (χ1) is 30.0. The van der Waals surface area contributed by atoms with Crippen molar-refractivity contribution < 1.29 is 28.6 Å². The van der Waals surface area contributed by atoms with Gasteiger partial charge in [0.25, 0.3) is 0 Å². The van der Waals surface area contributed by atoms with Gasteiger partial charge in [0.1, 0.15) is 13.2 Å². The number of hydrogen-bond acceptors (Lipinski definition) is 6. The number of hydrogen-bond donors (Lipinski definition) is 0. The van der Waals surface area contributed by atoms with Crippen LogP contribution < -0.4 is 0 Å². The Morgan fingerprint density at radius 1 is 0.344 bits per heavy atom. The topological polar surface area (TPSA) is 78.9 Å². The maximum absolute atomic E-state index is 12.7. The summed E-state index contributed by atoms with van der Waals surface area (Å²) in [7, 11) is 0. The number of carbonyl (C=O) groups excluding carboxylic acids is 3. The fraction of sp³-hybridized carbons (Fsp3) is 0.727. The maximum Gasteiger partial charge on any atom is 0.306 e. The van der Waals surface area contributed by atoms with Crippen molar-refractivity contribution in [3.63, 3.8) is 0 Å². The molecule has 61 heavy (non-hydrogen) atoms. The van der Waals surface area contributed by atoms with Gasteiger partial charge in [0.2, 0.25) is 0 Å². The minimum Gasteiger partial charge on any atom is -0.462 e. The van der Waals surface area contributed by atoms with Crippen LogP contribution in [0, 0.1) is 0 Å². The molecule has 0 aliphatic carbocycles. The molecule has 0 aromatic heterocycles. The summed E-state index contributed by atoms with van der Waals surface area (Å²) in [5.41, 5.74) is 0. The van der Waals surface area contributed by atoms with E-state index in [0.717, 1.165) is 89.9 Å². The molecule has 0 amide bonds. The zero-order valence-corrected chi connectivity index (χ0v) is 39.9. The van der Waals surface area contributed by atoms with Crippen molar-refractivity contribution in [2.75, 3.05) is 13.2 Å². The maximum atomic E-state index is 12.7. The Morgan fingerprint density at radius 3 is 1.15 bits per heavy atom. The van der Waals surface area contributed by atoms with Crippen molar-refractivity contribution in [1.29, 1.82) is 0 Å². The van der Waals surface area contributed by atoms with Gasteiger partial charge < -0.3 is 14.2 Å². The lowest BCUT2D eigenvalue weighted by atomic mass is 10.1. The van der Waals surface area contributed by atoms with E-state index in [0.29, 0.717) is 19.3 Å². The molecule has 0 aromatic rings. The molecule has 0 N–H and O–H groups in total. The zero-order valence-electron chi connectivity index (χ0n) is 39.9. The number of unbranched alkanes of at least 4 members (excludes halogenated alkanes) is 24. The lowest BCUT2D eigenvalue weighted by molar-refractivity contribution is -0.166. The Kier molecular flexibility index (Phi) is 46.9. The van der Waals surface area contributed by atoms with Gasteiger partial charge in [-0.25, -0.2) is 0 Å². The molecule has 0 saturated carbocycles. The van der Waals surface area contributed by atoms with Crippen LogP contribution in [0.5, 0.6) is 0 Å². The van der Waals surface area contributed by atoms with Gasteiger partial charge in [0.05, 0.1) is 0 Å². The lowest BCUT2D eigenvalue weighted by Gasteiger charge is -2.18.